The maximum absolute atomic E-state index is 12.5. The SMILES string of the molecule is CCN(Cc1ccc2ccccc2c1)C(=O)C(C)(C)CCl.CN(C)C1(C(=O)NC=O)Cc2ccc(NC=O)cc2C1. The minimum absolute atomic E-state index is 0.105. The number of hydrogen-bond acceptors (Lipinski definition) is 5. The zero-order valence-electron chi connectivity index (χ0n) is 24.4. The van der Waals surface area contributed by atoms with Crippen LogP contribution in [0.2, 0.25) is 0 Å². The summed E-state index contributed by atoms with van der Waals surface area (Å²) in [6.45, 7) is 7.10. The van der Waals surface area contributed by atoms with Crippen LogP contribution < -0.4 is 10.6 Å². The first-order valence-corrected chi connectivity index (χ1v) is 14.1. The molecule has 41 heavy (non-hydrogen) atoms. The number of rotatable bonds is 10. The van der Waals surface area contributed by atoms with Gasteiger partial charge in [-0.05, 0) is 80.5 Å². The van der Waals surface area contributed by atoms with Crippen LogP contribution in [0.5, 0.6) is 0 Å². The lowest BCUT2D eigenvalue weighted by atomic mass is 9.93. The molecule has 1 atom stereocenters. The average Bonchev–Trinajstić information content (AvgIpc) is 3.37. The molecule has 0 bridgehead atoms. The third-order valence-electron chi connectivity index (χ3n) is 7.64. The zero-order valence-corrected chi connectivity index (χ0v) is 25.1. The Hall–Kier alpha value is -3.75. The molecule has 0 fully saturated rings. The molecule has 0 aliphatic heterocycles. The van der Waals surface area contributed by atoms with Crippen LogP contribution in [0.4, 0.5) is 5.69 Å². The van der Waals surface area contributed by atoms with E-state index in [1.54, 1.807) is 6.07 Å². The largest absolute Gasteiger partial charge is 0.338 e. The number of anilines is 1. The van der Waals surface area contributed by atoms with E-state index in [9.17, 15) is 19.2 Å². The van der Waals surface area contributed by atoms with Crippen LogP contribution in [0.1, 0.15) is 37.5 Å². The van der Waals surface area contributed by atoms with Crippen molar-refractivity contribution < 1.29 is 19.2 Å². The van der Waals surface area contributed by atoms with E-state index in [1.807, 2.05) is 68.9 Å². The standard InChI is InChI=1S/C18H22ClNO.C14H17N3O3/c1-4-20(17(21)18(2,3)13-19)12-14-9-10-15-7-5-6-8-16(15)11-14;1-17(2)14(13(20)16-9-19)6-10-3-4-12(15-8-18)5-11(10)7-14/h5-11H,4,12-13H2,1-3H3;3-5,8-9H,6-7H2,1-2H3,(H,15,18)(H,16,19,20). The van der Waals surface area contributed by atoms with E-state index < -0.39 is 11.0 Å². The lowest BCUT2D eigenvalue weighted by Crippen LogP contribution is -2.56. The summed E-state index contributed by atoms with van der Waals surface area (Å²) < 4.78 is 0. The van der Waals surface area contributed by atoms with Crippen LogP contribution in [-0.4, -0.2) is 66.5 Å². The average molecular weight is 579 g/mol. The minimum Gasteiger partial charge on any atom is -0.338 e. The van der Waals surface area contributed by atoms with Gasteiger partial charge in [-0.2, -0.15) is 0 Å². The number of carbonyl (C=O) groups excluding carboxylic acids is 4. The second-order valence-electron chi connectivity index (χ2n) is 11.1. The van der Waals surface area contributed by atoms with Gasteiger partial charge in [0.2, 0.25) is 24.6 Å². The quantitative estimate of drug-likeness (QED) is 0.275. The van der Waals surface area contributed by atoms with Crippen molar-refractivity contribution in [1.29, 1.82) is 0 Å². The molecule has 8 nitrogen and oxygen atoms in total. The van der Waals surface area contributed by atoms with Gasteiger partial charge in [0.05, 0.1) is 5.41 Å². The number of hydrogen-bond donors (Lipinski definition) is 2. The fraction of sp³-hybridized carbons (Fsp3) is 0.375. The van der Waals surface area contributed by atoms with E-state index in [4.69, 9.17) is 11.6 Å². The predicted octanol–water partition coefficient (Wildman–Crippen LogP) is 4.38. The second-order valence-corrected chi connectivity index (χ2v) is 11.4. The Morgan fingerprint density at radius 3 is 2.24 bits per heavy atom. The predicted molar refractivity (Wildman–Crippen MR) is 164 cm³/mol. The molecule has 9 heteroatoms. The van der Waals surface area contributed by atoms with Crippen molar-refractivity contribution in [2.45, 2.75) is 45.7 Å². The van der Waals surface area contributed by atoms with Crippen molar-refractivity contribution in [1.82, 2.24) is 15.1 Å². The molecular formula is C32H39ClN4O4. The number of alkyl halides is 1. The molecular weight excluding hydrogens is 540 g/mol. The van der Waals surface area contributed by atoms with Gasteiger partial charge in [-0.1, -0.05) is 42.5 Å². The monoisotopic (exact) mass is 578 g/mol. The summed E-state index contributed by atoms with van der Waals surface area (Å²) in [7, 11) is 3.64. The highest BCUT2D eigenvalue weighted by Crippen LogP contribution is 2.35. The number of imide groups is 1. The van der Waals surface area contributed by atoms with Gasteiger partial charge in [0, 0.05) is 37.5 Å². The number of benzene rings is 3. The molecule has 0 radical (unpaired) electrons. The lowest BCUT2D eigenvalue weighted by molar-refractivity contribution is -0.139. The lowest BCUT2D eigenvalue weighted by Gasteiger charge is -2.33. The fourth-order valence-electron chi connectivity index (χ4n) is 5.05. The molecule has 1 aliphatic rings. The molecule has 1 unspecified atom stereocenters. The summed E-state index contributed by atoms with van der Waals surface area (Å²) in [5.41, 5.74) is 2.62. The molecule has 2 N–H and O–H groups in total. The number of nitrogens with zero attached hydrogens (tertiary/aromatic N) is 2. The van der Waals surface area contributed by atoms with Crippen molar-refractivity contribution in [3.05, 3.63) is 77.4 Å². The molecule has 4 amide bonds. The maximum atomic E-state index is 12.5. The van der Waals surface area contributed by atoms with Crippen LogP contribution in [0, 0.1) is 5.41 Å². The van der Waals surface area contributed by atoms with Gasteiger partial charge in [-0.25, -0.2) is 0 Å². The number of amides is 4. The molecule has 3 aromatic rings. The molecule has 0 spiro atoms. The molecule has 218 valence electrons. The second kappa shape index (κ2) is 13.7. The molecule has 3 aromatic carbocycles. The van der Waals surface area contributed by atoms with Crippen LogP contribution in [0.25, 0.3) is 10.8 Å². The topological polar surface area (TPSA) is 98.8 Å². The Balaban J connectivity index is 0.000000226. The smallest absolute Gasteiger partial charge is 0.247 e. The van der Waals surface area contributed by atoms with E-state index in [-0.39, 0.29) is 11.8 Å². The number of halogens is 1. The van der Waals surface area contributed by atoms with Gasteiger partial charge in [0.1, 0.15) is 5.54 Å². The normalized spacial score (nSPS) is 15.9. The van der Waals surface area contributed by atoms with Gasteiger partial charge < -0.3 is 10.2 Å². The number of carbonyl (C=O) groups is 4. The summed E-state index contributed by atoms with van der Waals surface area (Å²) in [5.74, 6) is 0.131. The summed E-state index contributed by atoms with van der Waals surface area (Å²) in [6.07, 6.45) is 2.07. The Morgan fingerprint density at radius 1 is 0.951 bits per heavy atom. The van der Waals surface area contributed by atoms with Crippen LogP contribution >= 0.6 is 11.6 Å². The van der Waals surface area contributed by atoms with Gasteiger partial charge >= 0.3 is 0 Å². The van der Waals surface area contributed by atoms with E-state index >= 15 is 0 Å². The highest BCUT2D eigenvalue weighted by Gasteiger charge is 2.45. The van der Waals surface area contributed by atoms with Crippen molar-refractivity contribution in [2.75, 3.05) is 31.8 Å². The van der Waals surface area contributed by atoms with Crippen molar-refractivity contribution in [2.24, 2.45) is 5.41 Å². The first kappa shape index (κ1) is 31.8. The van der Waals surface area contributed by atoms with E-state index in [0.29, 0.717) is 50.3 Å². The molecule has 1 aliphatic carbocycles. The Kier molecular flexibility index (Phi) is 10.7. The zero-order chi connectivity index (χ0) is 30.2. The Bertz CT molecular complexity index is 1410. The number of fused-ring (bicyclic) bond motifs is 2. The maximum Gasteiger partial charge on any atom is 0.247 e. The number of likely N-dealkylation sites (N-methyl/N-ethyl adjacent to an activating group) is 1. The van der Waals surface area contributed by atoms with Gasteiger partial charge in [0.25, 0.3) is 0 Å². The highest BCUT2D eigenvalue weighted by molar-refractivity contribution is 6.19. The number of nitrogens with one attached hydrogen (secondary N) is 2. The molecule has 4 rings (SSSR count). The molecule has 0 heterocycles. The summed E-state index contributed by atoms with van der Waals surface area (Å²) in [6, 6.07) is 20.2. The van der Waals surface area contributed by atoms with E-state index in [0.717, 1.165) is 16.7 Å². The van der Waals surface area contributed by atoms with E-state index in [1.165, 1.54) is 10.8 Å². The fourth-order valence-corrected chi connectivity index (χ4v) is 5.17. The van der Waals surface area contributed by atoms with Crippen molar-refractivity contribution >= 4 is 52.7 Å². The van der Waals surface area contributed by atoms with Gasteiger partial charge in [-0.3, -0.25) is 29.4 Å². The Labute approximate surface area is 247 Å². The summed E-state index contributed by atoms with van der Waals surface area (Å²) in [4.78, 5) is 49.5. The molecule has 0 saturated heterocycles. The van der Waals surface area contributed by atoms with Gasteiger partial charge in [-0.15, -0.1) is 11.6 Å². The van der Waals surface area contributed by atoms with Crippen molar-refractivity contribution in [3.63, 3.8) is 0 Å². The van der Waals surface area contributed by atoms with Crippen LogP contribution in [-0.2, 0) is 38.6 Å². The molecule has 0 aromatic heterocycles. The van der Waals surface area contributed by atoms with Crippen LogP contribution in [0.15, 0.2) is 60.7 Å². The molecule has 0 saturated carbocycles. The van der Waals surface area contributed by atoms with Gasteiger partial charge in [0.15, 0.2) is 0 Å². The summed E-state index contributed by atoms with van der Waals surface area (Å²) >= 11 is 5.92. The van der Waals surface area contributed by atoms with Crippen molar-refractivity contribution in [3.8, 4) is 0 Å². The first-order chi connectivity index (χ1) is 19.5. The van der Waals surface area contributed by atoms with Crippen LogP contribution in [0.3, 0.4) is 0 Å². The third kappa shape index (κ3) is 7.31. The third-order valence-corrected chi connectivity index (χ3v) is 8.30. The Morgan fingerprint density at radius 2 is 1.63 bits per heavy atom. The highest BCUT2D eigenvalue weighted by atomic mass is 35.5. The summed E-state index contributed by atoms with van der Waals surface area (Å²) in [5, 5.41) is 7.27. The first-order valence-electron chi connectivity index (χ1n) is 13.6. The minimum atomic E-state index is -0.761. The van der Waals surface area contributed by atoms with E-state index in [2.05, 4.69) is 41.0 Å².